The Labute approximate surface area is 102 Å². The molecule has 0 aliphatic rings. The van der Waals surface area contributed by atoms with Crippen molar-refractivity contribution in [2.24, 2.45) is 7.05 Å². The fourth-order valence-corrected chi connectivity index (χ4v) is 1.73. The molecule has 3 rings (SSSR count). The molecule has 0 aliphatic carbocycles. The zero-order valence-electron chi connectivity index (χ0n) is 9.63. The van der Waals surface area contributed by atoms with Gasteiger partial charge < -0.3 is 5.32 Å². The standard InChI is InChI=1S/C12H10FN5/c1-18-12-10(6-16-18)11(14-7-15-12)17-9-4-2-8(13)3-5-9/h2-7H,1H3,(H,14,15,17). The molecular formula is C12H10FN5. The lowest BCUT2D eigenvalue weighted by molar-refractivity contribution is 0.628. The second-order valence-corrected chi connectivity index (χ2v) is 3.86. The molecule has 2 aromatic heterocycles. The molecule has 2 heterocycles. The summed E-state index contributed by atoms with van der Waals surface area (Å²) in [7, 11) is 1.82. The van der Waals surface area contributed by atoms with Crippen molar-refractivity contribution >= 4 is 22.5 Å². The summed E-state index contributed by atoms with van der Waals surface area (Å²) in [5.74, 6) is 0.384. The Morgan fingerprint density at radius 1 is 1.17 bits per heavy atom. The van der Waals surface area contributed by atoms with Crippen LogP contribution in [0.15, 0.2) is 36.8 Å². The first-order valence-corrected chi connectivity index (χ1v) is 5.39. The maximum atomic E-state index is 12.8. The maximum Gasteiger partial charge on any atom is 0.163 e. The van der Waals surface area contributed by atoms with Crippen LogP contribution in [-0.4, -0.2) is 19.7 Å². The van der Waals surface area contributed by atoms with Gasteiger partial charge in [0.2, 0.25) is 0 Å². The van der Waals surface area contributed by atoms with Gasteiger partial charge in [0.25, 0.3) is 0 Å². The Bertz CT molecular complexity index is 689. The average Bonchev–Trinajstić information content (AvgIpc) is 2.76. The Kier molecular flexibility index (Phi) is 2.40. The Morgan fingerprint density at radius 2 is 1.94 bits per heavy atom. The lowest BCUT2D eigenvalue weighted by atomic mass is 10.3. The van der Waals surface area contributed by atoms with Crippen molar-refractivity contribution < 1.29 is 4.39 Å². The van der Waals surface area contributed by atoms with Crippen molar-refractivity contribution in [2.45, 2.75) is 0 Å². The third kappa shape index (κ3) is 1.77. The SMILES string of the molecule is Cn1ncc2c(Nc3ccc(F)cc3)ncnc21. The molecule has 1 aromatic carbocycles. The van der Waals surface area contributed by atoms with Crippen molar-refractivity contribution in [3.8, 4) is 0 Å². The summed E-state index contributed by atoms with van der Waals surface area (Å²) >= 11 is 0. The fourth-order valence-electron chi connectivity index (χ4n) is 1.73. The molecular weight excluding hydrogens is 233 g/mol. The van der Waals surface area contributed by atoms with Gasteiger partial charge >= 0.3 is 0 Å². The predicted molar refractivity (Wildman–Crippen MR) is 66.0 cm³/mol. The highest BCUT2D eigenvalue weighted by atomic mass is 19.1. The fraction of sp³-hybridized carbons (Fsp3) is 0.0833. The number of hydrogen-bond donors (Lipinski definition) is 1. The van der Waals surface area contributed by atoms with Crippen LogP contribution >= 0.6 is 0 Å². The molecule has 0 saturated carbocycles. The molecule has 0 atom stereocenters. The predicted octanol–water partition coefficient (Wildman–Crippen LogP) is 2.25. The van der Waals surface area contributed by atoms with Crippen LogP contribution in [0.25, 0.3) is 11.0 Å². The topological polar surface area (TPSA) is 55.6 Å². The van der Waals surface area contributed by atoms with Gasteiger partial charge in [-0.2, -0.15) is 5.10 Å². The summed E-state index contributed by atoms with van der Waals surface area (Å²) in [5.41, 5.74) is 1.51. The van der Waals surface area contributed by atoms with Crippen LogP contribution in [0.4, 0.5) is 15.9 Å². The van der Waals surface area contributed by atoms with Crippen LogP contribution in [-0.2, 0) is 7.05 Å². The van der Waals surface area contributed by atoms with Gasteiger partial charge in [0, 0.05) is 12.7 Å². The summed E-state index contributed by atoms with van der Waals surface area (Å²) < 4.78 is 14.5. The lowest BCUT2D eigenvalue weighted by Crippen LogP contribution is -1.97. The van der Waals surface area contributed by atoms with Crippen molar-refractivity contribution in [3.05, 3.63) is 42.6 Å². The van der Waals surface area contributed by atoms with Crippen molar-refractivity contribution in [1.82, 2.24) is 19.7 Å². The first-order valence-electron chi connectivity index (χ1n) is 5.39. The van der Waals surface area contributed by atoms with E-state index >= 15 is 0 Å². The summed E-state index contributed by atoms with van der Waals surface area (Å²) in [5, 5.41) is 8.07. The summed E-state index contributed by atoms with van der Waals surface area (Å²) in [6, 6.07) is 6.09. The number of nitrogens with one attached hydrogen (secondary N) is 1. The molecule has 0 bridgehead atoms. The van der Waals surface area contributed by atoms with Gasteiger partial charge in [0.15, 0.2) is 5.65 Å². The zero-order valence-corrected chi connectivity index (χ0v) is 9.63. The van der Waals surface area contributed by atoms with Crippen LogP contribution in [0.2, 0.25) is 0 Å². The maximum absolute atomic E-state index is 12.8. The number of rotatable bonds is 2. The first kappa shape index (κ1) is 10.6. The molecule has 0 fully saturated rings. The summed E-state index contributed by atoms with van der Waals surface area (Å²) in [6.45, 7) is 0. The molecule has 5 nitrogen and oxygen atoms in total. The largest absolute Gasteiger partial charge is 0.340 e. The monoisotopic (exact) mass is 243 g/mol. The van der Waals surface area contributed by atoms with E-state index in [1.807, 2.05) is 7.05 Å². The normalized spacial score (nSPS) is 10.8. The van der Waals surface area contributed by atoms with E-state index in [0.717, 1.165) is 16.7 Å². The van der Waals surface area contributed by atoms with E-state index in [2.05, 4.69) is 20.4 Å². The highest BCUT2D eigenvalue weighted by Crippen LogP contribution is 2.22. The van der Waals surface area contributed by atoms with Crippen molar-refractivity contribution in [2.75, 3.05) is 5.32 Å². The van der Waals surface area contributed by atoms with E-state index in [0.29, 0.717) is 5.82 Å². The van der Waals surface area contributed by atoms with Gasteiger partial charge in [0.1, 0.15) is 18.0 Å². The van der Waals surface area contributed by atoms with Crippen LogP contribution in [0.3, 0.4) is 0 Å². The summed E-state index contributed by atoms with van der Waals surface area (Å²) in [6.07, 6.45) is 3.16. The van der Waals surface area contributed by atoms with Gasteiger partial charge in [-0.25, -0.2) is 14.4 Å². The van der Waals surface area contributed by atoms with Crippen LogP contribution in [0, 0.1) is 5.82 Å². The molecule has 0 spiro atoms. The smallest absolute Gasteiger partial charge is 0.163 e. The third-order valence-electron chi connectivity index (χ3n) is 2.64. The van der Waals surface area contributed by atoms with E-state index in [9.17, 15) is 4.39 Å². The van der Waals surface area contributed by atoms with Gasteiger partial charge in [-0.3, -0.25) is 4.68 Å². The number of fused-ring (bicyclic) bond motifs is 1. The summed E-state index contributed by atoms with van der Waals surface area (Å²) in [4.78, 5) is 8.32. The quantitative estimate of drug-likeness (QED) is 0.750. The third-order valence-corrected chi connectivity index (χ3v) is 2.64. The van der Waals surface area contributed by atoms with Crippen LogP contribution in [0.5, 0.6) is 0 Å². The average molecular weight is 243 g/mol. The molecule has 0 unspecified atom stereocenters. The number of aryl methyl sites for hydroxylation is 1. The van der Waals surface area contributed by atoms with Gasteiger partial charge in [-0.15, -0.1) is 0 Å². The molecule has 1 N–H and O–H groups in total. The Hall–Kier alpha value is -2.50. The number of benzene rings is 1. The minimum atomic E-state index is -0.269. The number of nitrogens with zero attached hydrogens (tertiary/aromatic N) is 4. The van der Waals surface area contributed by atoms with Crippen molar-refractivity contribution in [3.63, 3.8) is 0 Å². The van der Waals surface area contributed by atoms with E-state index in [1.165, 1.54) is 18.5 Å². The molecule has 6 heteroatoms. The lowest BCUT2D eigenvalue weighted by Gasteiger charge is -2.05. The number of halogens is 1. The molecule has 0 radical (unpaired) electrons. The Balaban J connectivity index is 2.02. The first-order chi connectivity index (χ1) is 8.74. The zero-order chi connectivity index (χ0) is 12.5. The minimum Gasteiger partial charge on any atom is -0.340 e. The Morgan fingerprint density at radius 3 is 2.72 bits per heavy atom. The molecule has 18 heavy (non-hydrogen) atoms. The second kappa shape index (κ2) is 4.06. The van der Waals surface area contributed by atoms with Gasteiger partial charge in [-0.1, -0.05) is 0 Å². The van der Waals surface area contributed by atoms with E-state index in [4.69, 9.17) is 0 Å². The molecule has 0 saturated heterocycles. The molecule has 3 aromatic rings. The molecule has 0 amide bonds. The number of aromatic nitrogens is 4. The van der Waals surface area contributed by atoms with Crippen LogP contribution in [0.1, 0.15) is 0 Å². The van der Waals surface area contributed by atoms with Crippen LogP contribution < -0.4 is 5.32 Å². The number of anilines is 2. The van der Waals surface area contributed by atoms with Crippen molar-refractivity contribution in [1.29, 1.82) is 0 Å². The highest BCUT2D eigenvalue weighted by Gasteiger charge is 2.07. The van der Waals surface area contributed by atoms with E-state index < -0.39 is 0 Å². The molecule has 0 aliphatic heterocycles. The second-order valence-electron chi connectivity index (χ2n) is 3.86. The number of hydrogen-bond acceptors (Lipinski definition) is 4. The van der Waals surface area contributed by atoms with E-state index in [1.54, 1.807) is 23.0 Å². The molecule has 90 valence electrons. The minimum absolute atomic E-state index is 0.269. The van der Waals surface area contributed by atoms with Gasteiger partial charge in [-0.05, 0) is 24.3 Å². The highest BCUT2D eigenvalue weighted by molar-refractivity contribution is 5.88. The van der Waals surface area contributed by atoms with Gasteiger partial charge in [0.05, 0.1) is 11.6 Å². The van der Waals surface area contributed by atoms with E-state index in [-0.39, 0.29) is 5.82 Å².